The molecule has 0 spiro atoms. The van der Waals surface area contributed by atoms with Crippen LogP contribution in [0.15, 0.2) is 45.8 Å². The van der Waals surface area contributed by atoms with Crippen molar-refractivity contribution in [3.05, 3.63) is 46.7 Å². The lowest BCUT2D eigenvalue weighted by atomic mass is 10.3. The summed E-state index contributed by atoms with van der Waals surface area (Å²) in [6, 6.07) is 8.36. The summed E-state index contributed by atoms with van der Waals surface area (Å²) in [5, 5.41) is 0. The smallest absolute Gasteiger partial charge is 0.264 e. The molecular weight excluding hydrogens is 363 g/mol. The maximum Gasteiger partial charge on any atom is 0.264 e. The van der Waals surface area contributed by atoms with Crippen LogP contribution in [0.25, 0.3) is 0 Å². The lowest BCUT2D eigenvalue weighted by Crippen LogP contribution is -2.15. The number of sulfonamides is 1. The molecule has 0 aliphatic carbocycles. The zero-order valence-electron chi connectivity index (χ0n) is 10.9. The molecule has 0 aromatic heterocycles. The predicted molar refractivity (Wildman–Crippen MR) is 82.3 cm³/mol. The zero-order valence-corrected chi connectivity index (χ0v) is 13.3. The van der Waals surface area contributed by atoms with Gasteiger partial charge in [0.1, 0.15) is 16.5 Å². The number of ether oxygens (including phenoxy) is 1. The molecule has 0 radical (unpaired) electrons. The summed E-state index contributed by atoms with van der Waals surface area (Å²) in [5.41, 5.74) is 5.99. The number of nitrogen functional groups attached to an aromatic ring is 1. The van der Waals surface area contributed by atoms with E-state index in [2.05, 4.69) is 20.7 Å². The molecule has 2 aromatic carbocycles. The molecule has 0 saturated carbocycles. The summed E-state index contributed by atoms with van der Waals surface area (Å²) in [5.74, 6) is -0.419. The molecule has 0 heterocycles. The van der Waals surface area contributed by atoms with E-state index in [9.17, 15) is 12.8 Å². The molecule has 2 rings (SSSR count). The first-order valence-corrected chi connectivity index (χ1v) is 8.02. The molecular formula is C13H12BrFN2O3S. The minimum atomic E-state index is -4.09. The highest BCUT2D eigenvalue weighted by atomic mass is 79.9. The van der Waals surface area contributed by atoms with Gasteiger partial charge in [-0.25, -0.2) is 12.8 Å². The molecule has 21 heavy (non-hydrogen) atoms. The van der Waals surface area contributed by atoms with Gasteiger partial charge in [-0.2, -0.15) is 0 Å². The minimum Gasteiger partial charge on any atom is -0.497 e. The molecule has 0 amide bonds. The monoisotopic (exact) mass is 374 g/mol. The number of anilines is 2. The van der Waals surface area contributed by atoms with E-state index in [1.807, 2.05) is 0 Å². The van der Waals surface area contributed by atoms with Crippen molar-refractivity contribution in [1.82, 2.24) is 0 Å². The molecule has 0 atom stereocenters. The second-order valence-corrected chi connectivity index (χ2v) is 6.65. The highest BCUT2D eigenvalue weighted by Gasteiger charge is 2.21. The van der Waals surface area contributed by atoms with E-state index < -0.39 is 20.7 Å². The fourth-order valence-electron chi connectivity index (χ4n) is 1.65. The Labute approximate surface area is 130 Å². The van der Waals surface area contributed by atoms with Crippen LogP contribution in [-0.4, -0.2) is 15.5 Å². The molecule has 0 aliphatic rings. The molecule has 8 heteroatoms. The maximum absolute atomic E-state index is 13.8. The standard InChI is InChI=1S/C13H12BrFN2O3S/c1-20-9-4-2-3-8(5-9)17-21(18,19)13-7-12(16)10(14)6-11(13)15/h2-7,17H,16H2,1H3. The van der Waals surface area contributed by atoms with Gasteiger partial charge < -0.3 is 10.5 Å². The summed E-state index contributed by atoms with van der Waals surface area (Å²) >= 11 is 3.04. The highest BCUT2D eigenvalue weighted by Crippen LogP contribution is 2.28. The topological polar surface area (TPSA) is 81.4 Å². The molecule has 5 nitrogen and oxygen atoms in total. The first-order valence-electron chi connectivity index (χ1n) is 5.75. The largest absolute Gasteiger partial charge is 0.497 e. The van der Waals surface area contributed by atoms with Crippen LogP contribution in [-0.2, 0) is 10.0 Å². The number of hydrogen-bond donors (Lipinski definition) is 2. The van der Waals surface area contributed by atoms with Gasteiger partial charge in [0.05, 0.1) is 12.8 Å². The van der Waals surface area contributed by atoms with Crippen LogP contribution >= 0.6 is 15.9 Å². The fourth-order valence-corrected chi connectivity index (χ4v) is 3.11. The van der Waals surface area contributed by atoms with E-state index in [1.54, 1.807) is 12.1 Å². The molecule has 0 saturated heterocycles. The van der Waals surface area contributed by atoms with Gasteiger partial charge in [0.2, 0.25) is 0 Å². The van der Waals surface area contributed by atoms with Crippen LogP contribution in [0.4, 0.5) is 15.8 Å². The lowest BCUT2D eigenvalue weighted by molar-refractivity contribution is 0.415. The summed E-state index contributed by atoms with van der Waals surface area (Å²) in [6.07, 6.45) is 0. The number of nitrogens with one attached hydrogen (secondary N) is 1. The molecule has 0 unspecified atom stereocenters. The van der Waals surface area contributed by atoms with Crippen molar-refractivity contribution in [3.63, 3.8) is 0 Å². The van der Waals surface area contributed by atoms with Gasteiger partial charge in [0.15, 0.2) is 0 Å². The van der Waals surface area contributed by atoms with Crippen molar-refractivity contribution in [2.24, 2.45) is 0 Å². The predicted octanol–water partition coefficient (Wildman–Crippen LogP) is 2.98. The van der Waals surface area contributed by atoms with Crippen LogP contribution in [0.5, 0.6) is 5.75 Å². The van der Waals surface area contributed by atoms with Crippen molar-refractivity contribution in [2.45, 2.75) is 4.90 Å². The van der Waals surface area contributed by atoms with Gasteiger partial charge in [0, 0.05) is 16.2 Å². The average Bonchev–Trinajstić information content (AvgIpc) is 2.42. The average molecular weight is 375 g/mol. The first kappa shape index (κ1) is 15.6. The van der Waals surface area contributed by atoms with Crippen molar-refractivity contribution in [2.75, 3.05) is 17.6 Å². The van der Waals surface area contributed by atoms with E-state index in [0.717, 1.165) is 12.1 Å². The number of nitrogens with two attached hydrogens (primary N) is 1. The normalized spacial score (nSPS) is 11.2. The van der Waals surface area contributed by atoms with Gasteiger partial charge in [0.25, 0.3) is 10.0 Å². The summed E-state index contributed by atoms with van der Waals surface area (Å²) in [6.45, 7) is 0. The molecule has 0 bridgehead atoms. The number of benzene rings is 2. The SMILES string of the molecule is COc1cccc(NS(=O)(=O)c2cc(N)c(Br)cc2F)c1. The maximum atomic E-state index is 13.8. The lowest BCUT2D eigenvalue weighted by Gasteiger charge is -2.11. The Kier molecular flexibility index (Phi) is 4.38. The summed E-state index contributed by atoms with van der Waals surface area (Å²) in [4.78, 5) is -0.522. The summed E-state index contributed by atoms with van der Waals surface area (Å²) in [7, 11) is -2.63. The van der Waals surface area contributed by atoms with Crippen LogP contribution < -0.4 is 15.2 Å². The fraction of sp³-hybridized carbons (Fsp3) is 0.0769. The Hall–Kier alpha value is -1.80. The van der Waals surface area contributed by atoms with Crippen molar-refractivity contribution >= 4 is 37.3 Å². The van der Waals surface area contributed by atoms with Gasteiger partial charge in [-0.1, -0.05) is 6.07 Å². The Morgan fingerprint density at radius 2 is 2.00 bits per heavy atom. The third-order valence-electron chi connectivity index (χ3n) is 2.66. The van der Waals surface area contributed by atoms with Crippen LogP contribution in [0.2, 0.25) is 0 Å². The van der Waals surface area contributed by atoms with Gasteiger partial charge in [-0.05, 0) is 40.2 Å². The van der Waals surface area contributed by atoms with E-state index in [-0.39, 0.29) is 11.4 Å². The van der Waals surface area contributed by atoms with Crippen LogP contribution in [0, 0.1) is 5.82 Å². The number of methoxy groups -OCH3 is 1. The highest BCUT2D eigenvalue weighted by molar-refractivity contribution is 9.10. The Bertz CT molecular complexity index is 781. The molecule has 2 aromatic rings. The van der Waals surface area contributed by atoms with E-state index in [1.165, 1.54) is 19.2 Å². The Morgan fingerprint density at radius 3 is 2.67 bits per heavy atom. The molecule has 3 N–H and O–H groups in total. The van der Waals surface area contributed by atoms with Crippen molar-refractivity contribution < 1.29 is 17.5 Å². The third-order valence-corrected chi connectivity index (χ3v) is 4.75. The quantitative estimate of drug-likeness (QED) is 0.806. The van der Waals surface area contributed by atoms with Crippen molar-refractivity contribution in [1.29, 1.82) is 0 Å². The second-order valence-electron chi connectivity index (χ2n) is 4.14. The second kappa shape index (κ2) is 5.90. The number of rotatable bonds is 4. The summed E-state index contributed by atoms with van der Waals surface area (Å²) < 4.78 is 45.9. The van der Waals surface area contributed by atoms with Crippen LogP contribution in [0.3, 0.4) is 0 Å². The van der Waals surface area contributed by atoms with Gasteiger partial charge in [-0.15, -0.1) is 0 Å². The minimum absolute atomic E-state index is 0.127. The molecule has 112 valence electrons. The molecule has 0 fully saturated rings. The van der Waals surface area contributed by atoms with E-state index >= 15 is 0 Å². The number of hydrogen-bond acceptors (Lipinski definition) is 4. The van der Waals surface area contributed by atoms with Crippen molar-refractivity contribution in [3.8, 4) is 5.75 Å². The van der Waals surface area contributed by atoms with E-state index in [0.29, 0.717) is 10.2 Å². The number of halogens is 2. The Balaban J connectivity index is 2.40. The van der Waals surface area contributed by atoms with Gasteiger partial charge in [-0.3, -0.25) is 4.72 Å². The zero-order chi connectivity index (χ0) is 15.6. The van der Waals surface area contributed by atoms with Crippen LogP contribution in [0.1, 0.15) is 0 Å². The van der Waals surface area contributed by atoms with E-state index in [4.69, 9.17) is 10.5 Å². The molecule has 0 aliphatic heterocycles. The first-order chi connectivity index (χ1) is 9.83. The third kappa shape index (κ3) is 3.45. The van der Waals surface area contributed by atoms with Gasteiger partial charge >= 0.3 is 0 Å². The Morgan fingerprint density at radius 1 is 1.29 bits per heavy atom.